The number of halogens is 1. The Bertz CT molecular complexity index is 885. The van der Waals surface area contributed by atoms with E-state index in [1.165, 1.54) is 26.1 Å². The van der Waals surface area contributed by atoms with Crippen molar-refractivity contribution >= 4 is 35.0 Å². The van der Waals surface area contributed by atoms with Gasteiger partial charge in [-0.2, -0.15) is 0 Å². The third-order valence-electron chi connectivity index (χ3n) is 3.97. The van der Waals surface area contributed by atoms with Gasteiger partial charge in [-0.15, -0.1) is 0 Å². The van der Waals surface area contributed by atoms with Crippen LogP contribution in [0.3, 0.4) is 0 Å². The number of alkyl halides is 1. The van der Waals surface area contributed by atoms with Crippen LogP contribution in [0.5, 0.6) is 0 Å². The average molecular weight is 389 g/mol. The highest BCUT2D eigenvalue weighted by Crippen LogP contribution is 2.38. The van der Waals surface area contributed by atoms with Crippen LogP contribution in [-0.2, 0) is 14.3 Å². The van der Waals surface area contributed by atoms with Crippen LogP contribution < -0.4 is 5.32 Å². The summed E-state index contributed by atoms with van der Waals surface area (Å²) < 4.78 is 10.3. The zero-order valence-electron chi connectivity index (χ0n) is 14.6. The van der Waals surface area contributed by atoms with E-state index in [0.29, 0.717) is 11.3 Å². The molecule has 0 saturated heterocycles. The number of anilines is 1. The maximum atomic E-state index is 12.8. The van der Waals surface area contributed by atoms with Crippen molar-refractivity contribution in [2.45, 2.75) is 31.6 Å². The summed E-state index contributed by atoms with van der Waals surface area (Å²) in [6.07, 6.45) is 0.682. The lowest BCUT2D eigenvalue weighted by molar-refractivity contribution is -0.146. The van der Waals surface area contributed by atoms with E-state index in [9.17, 15) is 14.4 Å². The SMILES string of the molecule is CC(=O)OC1c2ccc(C(=O)OC(C)Cl)cc2NC1C(=O)c1ccccn1. The molecule has 2 heterocycles. The molecule has 1 N–H and O–H groups in total. The quantitative estimate of drug-likeness (QED) is 0.477. The molecule has 1 aliphatic rings. The van der Waals surface area contributed by atoms with E-state index in [4.69, 9.17) is 21.1 Å². The Hall–Kier alpha value is -2.93. The van der Waals surface area contributed by atoms with Gasteiger partial charge in [-0.1, -0.05) is 23.7 Å². The summed E-state index contributed by atoms with van der Waals surface area (Å²) in [7, 11) is 0. The number of esters is 2. The number of aromatic nitrogens is 1. The number of nitrogens with one attached hydrogen (secondary N) is 1. The lowest BCUT2D eigenvalue weighted by atomic mass is 10.00. The lowest BCUT2D eigenvalue weighted by Crippen LogP contribution is -2.33. The highest BCUT2D eigenvalue weighted by Gasteiger charge is 2.40. The maximum absolute atomic E-state index is 12.8. The van der Waals surface area contributed by atoms with Gasteiger partial charge in [-0.05, 0) is 31.2 Å². The molecule has 140 valence electrons. The van der Waals surface area contributed by atoms with Crippen LogP contribution in [0.25, 0.3) is 0 Å². The number of benzene rings is 1. The van der Waals surface area contributed by atoms with Crippen molar-refractivity contribution in [1.82, 2.24) is 4.98 Å². The largest absolute Gasteiger partial charge is 0.455 e. The van der Waals surface area contributed by atoms with Gasteiger partial charge in [0.15, 0.2) is 11.7 Å². The molecule has 8 heteroatoms. The van der Waals surface area contributed by atoms with Gasteiger partial charge in [0.25, 0.3) is 0 Å². The first-order chi connectivity index (χ1) is 12.9. The number of ketones is 1. The third-order valence-corrected chi connectivity index (χ3v) is 4.06. The van der Waals surface area contributed by atoms with Gasteiger partial charge in [0.1, 0.15) is 11.7 Å². The zero-order chi connectivity index (χ0) is 19.6. The molecule has 0 amide bonds. The maximum Gasteiger partial charge on any atom is 0.339 e. The van der Waals surface area contributed by atoms with Crippen LogP contribution in [0.15, 0.2) is 42.6 Å². The lowest BCUT2D eigenvalue weighted by Gasteiger charge is -2.18. The number of fused-ring (bicyclic) bond motifs is 1. The molecule has 3 rings (SSSR count). The summed E-state index contributed by atoms with van der Waals surface area (Å²) in [5.41, 5.74) is 0.838. The fraction of sp³-hybridized carbons (Fsp3) is 0.263. The Morgan fingerprint density at radius 3 is 2.63 bits per heavy atom. The summed E-state index contributed by atoms with van der Waals surface area (Å²) >= 11 is 5.69. The second-order valence-corrected chi connectivity index (χ2v) is 6.60. The Labute approximate surface area is 160 Å². The van der Waals surface area contributed by atoms with Crippen molar-refractivity contribution in [3.63, 3.8) is 0 Å². The molecule has 3 atom stereocenters. The van der Waals surface area contributed by atoms with E-state index >= 15 is 0 Å². The normalized spacial score (nSPS) is 18.8. The highest BCUT2D eigenvalue weighted by molar-refractivity contribution is 6.20. The molecule has 27 heavy (non-hydrogen) atoms. The molecule has 1 aromatic heterocycles. The molecule has 0 bridgehead atoms. The molecule has 0 saturated carbocycles. The molecule has 0 spiro atoms. The molecule has 2 aromatic rings. The van der Waals surface area contributed by atoms with Gasteiger partial charge in [0.2, 0.25) is 5.78 Å². The molecule has 0 radical (unpaired) electrons. The number of pyridine rings is 1. The molecule has 0 aliphatic carbocycles. The summed E-state index contributed by atoms with van der Waals surface area (Å²) in [5, 5.41) is 3.03. The summed E-state index contributed by atoms with van der Waals surface area (Å²) in [6.45, 7) is 2.80. The van der Waals surface area contributed by atoms with E-state index in [1.54, 1.807) is 30.3 Å². The van der Waals surface area contributed by atoms with Crippen molar-refractivity contribution < 1.29 is 23.9 Å². The summed E-state index contributed by atoms with van der Waals surface area (Å²) in [6, 6.07) is 8.83. The summed E-state index contributed by atoms with van der Waals surface area (Å²) in [5.74, 6) is -1.44. The van der Waals surface area contributed by atoms with Crippen LogP contribution in [-0.4, -0.2) is 34.3 Å². The highest BCUT2D eigenvalue weighted by atomic mass is 35.5. The van der Waals surface area contributed by atoms with Crippen LogP contribution in [0.4, 0.5) is 5.69 Å². The van der Waals surface area contributed by atoms with Gasteiger partial charge in [0, 0.05) is 24.4 Å². The van der Waals surface area contributed by atoms with Crippen LogP contribution in [0, 0.1) is 0 Å². The van der Waals surface area contributed by atoms with Crippen LogP contribution in [0.1, 0.15) is 46.4 Å². The van der Waals surface area contributed by atoms with Gasteiger partial charge in [0.05, 0.1) is 5.56 Å². The van der Waals surface area contributed by atoms with E-state index in [2.05, 4.69) is 10.3 Å². The standard InChI is InChI=1S/C19H17ClN2O5/c1-10(20)26-19(25)12-6-7-13-15(9-12)22-16(18(13)27-11(2)23)17(24)14-5-3-4-8-21-14/h3-10,16,18,22H,1-2H3. The van der Waals surface area contributed by atoms with Crippen LogP contribution in [0.2, 0.25) is 0 Å². The van der Waals surface area contributed by atoms with Crippen molar-refractivity contribution in [1.29, 1.82) is 0 Å². The number of carbonyl (C=O) groups excluding carboxylic acids is 3. The number of hydrogen-bond donors (Lipinski definition) is 1. The van der Waals surface area contributed by atoms with Crippen molar-refractivity contribution in [2.24, 2.45) is 0 Å². The van der Waals surface area contributed by atoms with Gasteiger partial charge in [-0.25, -0.2) is 4.79 Å². The zero-order valence-corrected chi connectivity index (χ0v) is 15.4. The van der Waals surface area contributed by atoms with Crippen molar-refractivity contribution in [3.05, 3.63) is 59.4 Å². The number of hydrogen-bond acceptors (Lipinski definition) is 7. The average Bonchev–Trinajstić information content (AvgIpc) is 2.98. The fourth-order valence-corrected chi connectivity index (χ4v) is 2.96. The van der Waals surface area contributed by atoms with E-state index in [-0.39, 0.29) is 17.0 Å². The van der Waals surface area contributed by atoms with Gasteiger partial charge >= 0.3 is 11.9 Å². The predicted octanol–water partition coefficient (Wildman–Crippen LogP) is 3.10. The number of carbonyl (C=O) groups is 3. The molecule has 0 fully saturated rings. The first kappa shape index (κ1) is 18.8. The molecular formula is C19H17ClN2O5. The monoisotopic (exact) mass is 388 g/mol. The minimum atomic E-state index is -0.850. The third kappa shape index (κ3) is 4.09. The number of ether oxygens (including phenoxy) is 2. The molecular weight excluding hydrogens is 372 g/mol. The van der Waals surface area contributed by atoms with Gasteiger partial charge in [-0.3, -0.25) is 14.6 Å². The van der Waals surface area contributed by atoms with E-state index in [1.807, 2.05) is 0 Å². The van der Waals surface area contributed by atoms with Gasteiger partial charge < -0.3 is 14.8 Å². The van der Waals surface area contributed by atoms with Crippen molar-refractivity contribution in [3.8, 4) is 0 Å². The second kappa shape index (κ2) is 7.75. The Morgan fingerprint density at radius 1 is 1.22 bits per heavy atom. The van der Waals surface area contributed by atoms with Crippen LogP contribution >= 0.6 is 11.6 Å². The van der Waals surface area contributed by atoms with E-state index in [0.717, 1.165) is 0 Å². The Balaban J connectivity index is 1.93. The first-order valence-electron chi connectivity index (χ1n) is 8.25. The van der Waals surface area contributed by atoms with Crippen molar-refractivity contribution in [2.75, 3.05) is 5.32 Å². The minimum Gasteiger partial charge on any atom is -0.455 e. The molecule has 1 aliphatic heterocycles. The molecule has 7 nitrogen and oxygen atoms in total. The number of rotatable bonds is 5. The first-order valence-corrected chi connectivity index (χ1v) is 8.68. The Kier molecular flexibility index (Phi) is 5.41. The topological polar surface area (TPSA) is 94.6 Å². The number of Topliss-reactive ketones (excluding diaryl/α,β-unsaturated/α-hetero) is 1. The summed E-state index contributed by atoms with van der Waals surface area (Å²) in [4.78, 5) is 40.5. The fourth-order valence-electron chi connectivity index (χ4n) is 2.88. The molecule has 3 unspecified atom stereocenters. The predicted molar refractivity (Wildman–Crippen MR) is 97.7 cm³/mol. The minimum absolute atomic E-state index is 0.246. The molecule has 1 aromatic carbocycles. The second-order valence-electron chi connectivity index (χ2n) is 5.98. The number of nitrogens with zero attached hydrogens (tertiary/aromatic N) is 1. The van der Waals surface area contributed by atoms with E-state index < -0.39 is 29.6 Å². The smallest absolute Gasteiger partial charge is 0.339 e. The Morgan fingerprint density at radius 2 is 2.00 bits per heavy atom.